The van der Waals surface area contributed by atoms with E-state index in [2.05, 4.69) is 10.1 Å². The van der Waals surface area contributed by atoms with E-state index >= 15 is 0 Å². The molecule has 2 aromatic rings. The first-order valence-electron chi connectivity index (χ1n) is 6.18. The van der Waals surface area contributed by atoms with Crippen LogP contribution in [0.2, 0.25) is 5.02 Å². The van der Waals surface area contributed by atoms with E-state index in [9.17, 15) is 4.79 Å². The number of anilines is 1. The van der Waals surface area contributed by atoms with Crippen molar-refractivity contribution < 1.29 is 0 Å². The van der Waals surface area contributed by atoms with Crippen LogP contribution in [-0.4, -0.2) is 34.9 Å². The van der Waals surface area contributed by atoms with Crippen LogP contribution in [0.4, 0.5) is 5.69 Å². The second-order valence-corrected chi connectivity index (χ2v) is 4.79. The molecule has 0 radical (unpaired) electrons. The van der Waals surface area contributed by atoms with Gasteiger partial charge in [0.1, 0.15) is 0 Å². The molecule has 0 spiro atoms. The molecule has 6 nitrogen and oxygen atoms in total. The molecule has 0 aliphatic rings. The van der Waals surface area contributed by atoms with E-state index in [0.29, 0.717) is 24.7 Å². The van der Waals surface area contributed by atoms with E-state index in [4.69, 9.17) is 17.3 Å². The van der Waals surface area contributed by atoms with Gasteiger partial charge >= 0.3 is 0 Å². The molecule has 7 heteroatoms. The molecule has 0 saturated heterocycles. The fourth-order valence-electron chi connectivity index (χ4n) is 1.77. The molecule has 0 aliphatic heterocycles. The summed E-state index contributed by atoms with van der Waals surface area (Å²) in [5.74, 6) is 0. The first-order valence-corrected chi connectivity index (χ1v) is 6.56. The summed E-state index contributed by atoms with van der Waals surface area (Å²) in [6, 6.07) is 3.31. The Morgan fingerprint density at radius 3 is 2.90 bits per heavy atom. The molecule has 0 saturated carbocycles. The Morgan fingerprint density at radius 2 is 2.25 bits per heavy atom. The van der Waals surface area contributed by atoms with Crippen molar-refractivity contribution >= 4 is 17.3 Å². The first-order chi connectivity index (χ1) is 9.61. The van der Waals surface area contributed by atoms with Crippen molar-refractivity contribution in [2.75, 3.05) is 25.0 Å². The van der Waals surface area contributed by atoms with Crippen molar-refractivity contribution in [3.8, 4) is 0 Å². The van der Waals surface area contributed by atoms with Crippen LogP contribution in [0.25, 0.3) is 0 Å². The molecule has 106 valence electrons. The van der Waals surface area contributed by atoms with Gasteiger partial charge in [-0.2, -0.15) is 5.10 Å². The van der Waals surface area contributed by atoms with Crippen LogP contribution in [0.3, 0.4) is 0 Å². The summed E-state index contributed by atoms with van der Waals surface area (Å²) in [6.45, 7) is 1.51. The number of nitrogens with zero attached hydrogens (tertiary/aromatic N) is 4. The Kier molecular flexibility index (Phi) is 4.70. The summed E-state index contributed by atoms with van der Waals surface area (Å²) >= 11 is 6.02. The highest BCUT2D eigenvalue weighted by Gasteiger charge is 2.06. The zero-order chi connectivity index (χ0) is 14.5. The lowest BCUT2D eigenvalue weighted by Crippen LogP contribution is -2.29. The summed E-state index contributed by atoms with van der Waals surface area (Å²) in [4.78, 5) is 17.8. The highest BCUT2D eigenvalue weighted by molar-refractivity contribution is 6.31. The minimum Gasteiger partial charge on any atom is -0.372 e. The number of pyridine rings is 1. The maximum absolute atomic E-state index is 12.0. The average Bonchev–Trinajstić information content (AvgIpc) is 2.43. The summed E-state index contributed by atoms with van der Waals surface area (Å²) in [5.41, 5.74) is 6.86. The Balaban J connectivity index is 2.23. The van der Waals surface area contributed by atoms with Crippen LogP contribution in [0.5, 0.6) is 0 Å². The molecule has 0 aliphatic carbocycles. The predicted molar refractivity (Wildman–Crippen MR) is 79.2 cm³/mol. The topological polar surface area (TPSA) is 77.0 Å². The first kappa shape index (κ1) is 14.5. The van der Waals surface area contributed by atoms with Crippen LogP contribution >= 0.6 is 11.6 Å². The Labute approximate surface area is 121 Å². The lowest BCUT2D eigenvalue weighted by atomic mass is 10.2. The van der Waals surface area contributed by atoms with Gasteiger partial charge in [-0.15, -0.1) is 0 Å². The molecule has 0 amide bonds. The molecule has 0 bridgehead atoms. The number of likely N-dealkylation sites (N-methyl/N-ethyl adjacent to an activating group) is 1. The van der Waals surface area contributed by atoms with E-state index < -0.39 is 0 Å². The third-order valence-electron chi connectivity index (χ3n) is 2.94. The maximum Gasteiger partial charge on any atom is 0.269 e. The monoisotopic (exact) mass is 293 g/mol. The van der Waals surface area contributed by atoms with E-state index in [1.54, 1.807) is 24.7 Å². The lowest BCUT2D eigenvalue weighted by Gasteiger charge is -2.17. The summed E-state index contributed by atoms with van der Waals surface area (Å²) in [7, 11) is 1.87. The minimum absolute atomic E-state index is 0.181. The van der Waals surface area contributed by atoms with Gasteiger partial charge in [-0.3, -0.25) is 9.78 Å². The van der Waals surface area contributed by atoms with Gasteiger partial charge < -0.3 is 10.6 Å². The van der Waals surface area contributed by atoms with E-state index in [0.717, 1.165) is 11.3 Å². The number of nitrogens with two attached hydrogens (primary N) is 1. The van der Waals surface area contributed by atoms with E-state index in [1.807, 2.05) is 11.9 Å². The molecule has 20 heavy (non-hydrogen) atoms. The molecule has 0 fully saturated rings. The molecule has 2 N–H and O–H groups in total. The fourth-order valence-corrected chi connectivity index (χ4v) is 1.95. The highest BCUT2D eigenvalue weighted by atomic mass is 35.5. The van der Waals surface area contributed by atoms with Crippen LogP contribution in [0.15, 0.2) is 35.5 Å². The third-order valence-corrected chi connectivity index (χ3v) is 3.28. The third kappa shape index (κ3) is 3.34. The Morgan fingerprint density at radius 1 is 1.45 bits per heavy atom. The zero-order valence-corrected chi connectivity index (χ0v) is 11.9. The van der Waals surface area contributed by atoms with Crippen molar-refractivity contribution in [3.63, 3.8) is 0 Å². The molecule has 0 unspecified atom stereocenters. The van der Waals surface area contributed by atoms with Gasteiger partial charge in [-0.05, 0) is 11.6 Å². The SMILES string of the molecule is CN(CCN)c1cnn(Cc2ccncc2Cl)c(=O)c1. The standard InChI is InChI=1S/C13H16ClN5O/c1-18(5-3-15)11-6-13(20)19(17-7-11)9-10-2-4-16-8-12(10)14/h2,4,6-8H,3,5,9,15H2,1H3. The second-order valence-electron chi connectivity index (χ2n) is 4.39. The van der Waals surface area contributed by atoms with Crippen LogP contribution < -0.4 is 16.2 Å². The van der Waals surface area contributed by atoms with E-state index in [1.165, 1.54) is 10.7 Å². The largest absolute Gasteiger partial charge is 0.372 e. The number of aromatic nitrogens is 3. The molecule has 2 rings (SSSR count). The van der Waals surface area contributed by atoms with Gasteiger partial charge in [-0.1, -0.05) is 11.6 Å². The van der Waals surface area contributed by atoms with Gasteiger partial charge in [0.2, 0.25) is 0 Å². The van der Waals surface area contributed by atoms with Crippen molar-refractivity contribution in [2.45, 2.75) is 6.54 Å². The van der Waals surface area contributed by atoms with Crippen molar-refractivity contribution in [1.29, 1.82) is 0 Å². The van der Waals surface area contributed by atoms with Gasteiger partial charge in [-0.25, -0.2) is 4.68 Å². The number of rotatable bonds is 5. The Hall–Kier alpha value is -1.92. The van der Waals surface area contributed by atoms with E-state index in [-0.39, 0.29) is 5.56 Å². The summed E-state index contributed by atoms with van der Waals surface area (Å²) < 4.78 is 1.36. The number of hydrogen-bond acceptors (Lipinski definition) is 5. The van der Waals surface area contributed by atoms with Gasteiger partial charge in [0.25, 0.3) is 5.56 Å². The molecule has 2 aromatic heterocycles. The average molecular weight is 294 g/mol. The van der Waals surface area contributed by atoms with Crippen LogP contribution in [0.1, 0.15) is 5.56 Å². The molecule has 0 aromatic carbocycles. The van der Waals surface area contributed by atoms with Crippen molar-refractivity contribution in [1.82, 2.24) is 14.8 Å². The van der Waals surface area contributed by atoms with Crippen LogP contribution in [0, 0.1) is 0 Å². The second kappa shape index (κ2) is 6.49. The zero-order valence-electron chi connectivity index (χ0n) is 11.2. The van der Waals surface area contributed by atoms with Gasteiger partial charge in [0.05, 0.1) is 23.5 Å². The van der Waals surface area contributed by atoms with Gasteiger partial charge in [0, 0.05) is 38.6 Å². The highest BCUT2D eigenvalue weighted by Crippen LogP contribution is 2.14. The quantitative estimate of drug-likeness (QED) is 0.879. The van der Waals surface area contributed by atoms with Crippen molar-refractivity contribution in [2.24, 2.45) is 5.73 Å². The Bertz CT molecular complexity index is 643. The smallest absolute Gasteiger partial charge is 0.269 e. The predicted octanol–water partition coefficient (Wildman–Crippen LogP) is 0.735. The molecule has 2 heterocycles. The number of hydrogen-bond donors (Lipinski definition) is 1. The fraction of sp³-hybridized carbons (Fsp3) is 0.308. The minimum atomic E-state index is -0.181. The van der Waals surface area contributed by atoms with Crippen LogP contribution in [-0.2, 0) is 6.54 Å². The maximum atomic E-state index is 12.0. The molecule has 0 atom stereocenters. The lowest BCUT2D eigenvalue weighted by molar-refractivity contribution is 0.637. The number of halogens is 1. The summed E-state index contributed by atoms with van der Waals surface area (Å²) in [5, 5.41) is 4.68. The van der Waals surface area contributed by atoms with Gasteiger partial charge in [0.15, 0.2) is 0 Å². The van der Waals surface area contributed by atoms with Crippen molar-refractivity contribution in [3.05, 3.63) is 51.7 Å². The normalized spacial score (nSPS) is 10.6. The summed E-state index contributed by atoms with van der Waals surface area (Å²) in [6.07, 6.45) is 4.83. The molecular weight excluding hydrogens is 278 g/mol. The molecular formula is C13H16ClN5O.